The number of rotatable bonds is 4. The number of halogens is 2. The molecule has 84 valence electrons. The van der Waals surface area contributed by atoms with E-state index < -0.39 is 5.60 Å². The summed E-state index contributed by atoms with van der Waals surface area (Å²) in [5.41, 5.74) is 0.0488. The van der Waals surface area contributed by atoms with Crippen molar-refractivity contribution in [3.05, 3.63) is 33.8 Å². The lowest BCUT2D eigenvalue weighted by atomic mass is 9.96. The van der Waals surface area contributed by atoms with Crippen molar-refractivity contribution in [2.45, 2.75) is 18.9 Å². The highest BCUT2D eigenvalue weighted by atomic mass is 35.5. The van der Waals surface area contributed by atoms with Gasteiger partial charge in [0.05, 0.1) is 15.6 Å². The van der Waals surface area contributed by atoms with Crippen molar-refractivity contribution in [2.24, 2.45) is 0 Å². The summed E-state index contributed by atoms with van der Waals surface area (Å²) in [6, 6.07) is 5.44. The van der Waals surface area contributed by atoms with Gasteiger partial charge >= 0.3 is 0 Å². The lowest BCUT2D eigenvalue weighted by Crippen LogP contribution is -2.38. The van der Waals surface area contributed by atoms with Crippen LogP contribution in [0, 0.1) is 0 Å². The third kappa shape index (κ3) is 3.65. The Kier molecular flexibility index (Phi) is 4.41. The van der Waals surface area contributed by atoms with Gasteiger partial charge in [0.1, 0.15) is 0 Å². The molecule has 0 heterocycles. The van der Waals surface area contributed by atoms with Gasteiger partial charge in [-0.25, -0.2) is 0 Å². The Morgan fingerprint density at radius 3 is 2.67 bits per heavy atom. The first kappa shape index (κ1) is 12.8. The molecule has 2 N–H and O–H groups in total. The highest BCUT2D eigenvalue weighted by Gasteiger charge is 2.21. The van der Waals surface area contributed by atoms with Crippen LogP contribution in [0.1, 0.15) is 12.5 Å². The van der Waals surface area contributed by atoms with Crippen LogP contribution in [0.25, 0.3) is 0 Å². The van der Waals surface area contributed by atoms with Crippen LogP contribution in [0.2, 0.25) is 10.0 Å². The first-order valence-electron chi connectivity index (χ1n) is 4.76. The van der Waals surface area contributed by atoms with Gasteiger partial charge in [-0.1, -0.05) is 35.3 Å². The molecule has 0 radical (unpaired) electrons. The normalized spacial score (nSPS) is 15.0. The lowest BCUT2D eigenvalue weighted by molar-refractivity contribution is 0.0623. The second-order valence-corrected chi connectivity index (χ2v) is 4.70. The van der Waals surface area contributed by atoms with Crippen LogP contribution in [0.4, 0.5) is 0 Å². The number of nitrogens with one attached hydrogen (secondary N) is 1. The largest absolute Gasteiger partial charge is 0.389 e. The van der Waals surface area contributed by atoms with Crippen molar-refractivity contribution in [2.75, 3.05) is 13.6 Å². The first-order chi connectivity index (χ1) is 6.96. The summed E-state index contributed by atoms with van der Waals surface area (Å²) >= 11 is 11.9. The Hall–Kier alpha value is -0.280. The molecule has 0 spiro atoms. The fourth-order valence-electron chi connectivity index (χ4n) is 1.54. The molecule has 0 aliphatic heterocycles. The van der Waals surface area contributed by atoms with E-state index in [2.05, 4.69) is 5.32 Å². The first-order valence-corrected chi connectivity index (χ1v) is 5.52. The summed E-state index contributed by atoms with van der Waals surface area (Å²) in [5.74, 6) is 0. The van der Waals surface area contributed by atoms with Crippen molar-refractivity contribution in [1.29, 1.82) is 0 Å². The van der Waals surface area contributed by atoms with Gasteiger partial charge in [-0.2, -0.15) is 0 Å². The highest BCUT2D eigenvalue weighted by Crippen LogP contribution is 2.28. The van der Waals surface area contributed by atoms with Crippen LogP contribution >= 0.6 is 23.2 Å². The van der Waals surface area contributed by atoms with Crippen molar-refractivity contribution >= 4 is 23.2 Å². The Bertz CT molecular complexity index is 339. The van der Waals surface area contributed by atoms with Crippen LogP contribution < -0.4 is 5.32 Å². The van der Waals surface area contributed by atoms with Crippen LogP contribution in [0.3, 0.4) is 0 Å². The molecule has 0 saturated heterocycles. The fourth-order valence-corrected chi connectivity index (χ4v) is 1.93. The molecule has 0 aromatic heterocycles. The Morgan fingerprint density at radius 1 is 1.40 bits per heavy atom. The van der Waals surface area contributed by atoms with E-state index in [1.165, 1.54) is 0 Å². The second-order valence-electron chi connectivity index (χ2n) is 3.92. The Labute approximate surface area is 100 Å². The lowest BCUT2D eigenvalue weighted by Gasteiger charge is -2.23. The van der Waals surface area contributed by atoms with Crippen molar-refractivity contribution in [1.82, 2.24) is 5.32 Å². The van der Waals surface area contributed by atoms with Gasteiger partial charge in [0.25, 0.3) is 0 Å². The van der Waals surface area contributed by atoms with Crippen LogP contribution in [0.5, 0.6) is 0 Å². The number of aliphatic hydroxyl groups is 1. The van der Waals surface area contributed by atoms with Crippen molar-refractivity contribution in [3.8, 4) is 0 Å². The molecule has 0 saturated carbocycles. The molecule has 1 aromatic carbocycles. The van der Waals surface area contributed by atoms with Gasteiger partial charge in [0, 0.05) is 13.0 Å². The van der Waals surface area contributed by atoms with E-state index in [0.29, 0.717) is 23.0 Å². The molecule has 0 fully saturated rings. The van der Waals surface area contributed by atoms with Gasteiger partial charge < -0.3 is 10.4 Å². The molecule has 1 aromatic rings. The average Bonchev–Trinajstić information content (AvgIpc) is 2.12. The summed E-state index contributed by atoms with van der Waals surface area (Å²) in [6.45, 7) is 2.27. The van der Waals surface area contributed by atoms with E-state index in [4.69, 9.17) is 23.2 Å². The van der Waals surface area contributed by atoms with Gasteiger partial charge in [-0.15, -0.1) is 0 Å². The monoisotopic (exact) mass is 247 g/mol. The zero-order chi connectivity index (χ0) is 11.5. The van der Waals surface area contributed by atoms with E-state index in [9.17, 15) is 5.11 Å². The summed E-state index contributed by atoms with van der Waals surface area (Å²) in [5, 5.41) is 14.0. The molecule has 1 unspecified atom stereocenters. The number of benzene rings is 1. The number of hydrogen-bond acceptors (Lipinski definition) is 2. The zero-order valence-electron chi connectivity index (χ0n) is 8.85. The van der Waals surface area contributed by atoms with Gasteiger partial charge in [0.2, 0.25) is 0 Å². The predicted octanol–water partition coefficient (Wildman–Crippen LogP) is 2.51. The highest BCUT2D eigenvalue weighted by molar-refractivity contribution is 6.42. The average molecular weight is 248 g/mol. The van der Waals surface area contributed by atoms with Gasteiger partial charge in [-0.05, 0) is 25.6 Å². The molecule has 0 bridgehead atoms. The topological polar surface area (TPSA) is 32.3 Å². The van der Waals surface area contributed by atoms with Crippen molar-refractivity contribution in [3.63, 3.8) is 0 Å². The predicted molar refractivity (Wildman–Crippen MR) is 64.7 cm³/mol. The van der Waals surface area contributed by atoms with Gasteiger partial charge in [-0.3, -0.25) is 0 Å². The summed E-state index contributed by atoms with van der Waals surface area (Å²) in [6.07, 6.45) is 0.479. The third-order valence-electron chi connectivity index (χ3n) is 2.16. The van der Waals surface area contributed by atoms with E-state index in [0.717, 1.165) is 5.56 Å². The van der Waals surface area contributed by atoms with E-state index >= 15 is 0 Å². The minimum Gasteiger partial charge on any atom is -0.389 e. The molecule has 4 heteroatoms. The summed E-state index contributed by atoms with van der Waals surface area (Å²) < 4.78 is 0. The van der Waals surface area contributed by atoms with Crippen molar-refractivity contribution < 1.29 is 5.11 Å². The smallest absolute Gasteiger partial charge is 0.0784 e. The number of likely N-dealkylation sites (N-methyl/N-ethyl adjacent to an activating group) is 1. The zero-order valence-corrected chi connectivity index (χ0v) is 10.4. The second kappa shape index (κ2) is 5.17. The molecule has 1 atom stereocenters. The van der Waals surface area contributed by atoms with E-state index in [1.807, 2.05) is 12.1 Å². The molecule has 0 aliphatic carbocycles. The van der Waals surface area contributed by atoms with E-state index in [-0.39, 0.29) is 0 Å². The third-order valence-corrected chi connectivity index (χ3v) is 3.02. The molecule has 2 nitrogen and oxygen atoms in total. The molecule has 0 amide bonds. The number of hydrogen-bond donors (Lipinski definition) is 2. The quantitative estimate of drug-likeness (QED) is 0.858. The maximum Gasteiger partial charge on any atom is 0.0784 e. The minimum atomic E-state index is -0.816. The Morgan fingerprint density at radius 2 is 2.07 bits per heavy atom. The maximum absolute atomic E-state index is 10.0. The molecule has 1 rings (SSSR count). The SMILES string of the molecule is CNCC(C)(O)Cc1cccc(Cl)c1Cl. The Balaban J connectivity index is 2.85. The van der Waals surface area contributed by atoms with Gasteiger partial charge in [0.15, 0.2) is 0 Å². The van der Waals surface area contributed by atoms with E-state index in [1.54, 1.807) is 20.0 Å². The van der Waals surface area contributed by atoms with Crippen LogP contribution in [-0.2, 0) is 6.42 Å². The molecule has 15 heavy (non-hydrogen) atoms. The molecular weight excluding hydrogens is 233 g/mol. The standard InChI is InChI=1S/C11H15Cl2NO/c1-11(15,7-14-2)6-8-4-3-5-9(12)10(8)13/h3-5,14-15H,6-7H2,1-2H3. The van der Waals surface area contributed by atoms with Crippen LogP contribution in [0.15, 0.2) is 18.2 Å². The fraction of sp³-hybridized carbons (Fsp3) is 0.455. The molecule has 0 aliphatic rings. The molecular formula is C11H15Cl2NO. The minimum absolute atomic E-state index is 0.479. The maximum atomic E-state index is 10.0. The van der Waals surface area contributed by atoms with Crippen LogP contribution in [-0.4, -0.2) is 24.3 Å². The summed E-state index contributed by atoms with van der Waals surface area (Å²) in [4.78, 5) is 0. The summed E-state index contributed by atoms with van der Waals surface area (Å²) in [7, 11) is 1.80.